The summed E-state index contributed by atoms with van der Waals surface area (Å²) in [4.78, 5) is 24.4. The Morgan fingerprint density at radius 1 is 1.48 bits per heavy atom. The second-order valence-electron chi connectivity index (χ2n) is 6.47. The van der Waals surface area contributed by atoms with Gasteiger partial charge in [-0.05, 0) is 39.3 Å². The molecule has 1 aliphatic heterocycles. The summed E-state index contributed by atoms with van der Waals surface area (Å²) in [6, 6.07) is 4.49. The standard InChI is InChI=1S/C15H20ClN3O4/c1-15(2,3)23-14(20)17-11-6-7-18(9-11)12-5-4-10(16)8-13(12)19(21)22/h4-5,8,11H,6-7,9H2,1-3H3,(H,17,20). The maximum atomic E-state index is 11.8. The van der Waals surface area contributed by atoms with E-state index < -0.39 is 16.6 Å². The van der Waals surface area contributed by atoms with E-state index in [4.69, 9.17) is 16.3 Å². The van der Waals surface area contributed by atoms with Gasteiger partial charge in [-0.15, -0.1) is 0 Å². The first kappa shape index (κ1) is 17.3. The molecule has 0 spiro atoms. The van der Waals surface area contributed by atoms with Crippen LogP contribution in [0, 0.1) is 10.1 Å². The van der Waals surface area contributed by atoms with Crippen LogP contribution in [0.2, 0.25) is 5.02 Å². The minimum Gasteiger partial charge on any atom is -0.444 e. The van der Waals surface area contributed by atoms with Crippen molar-refractivity contribution < 1.29 is 14.5 Å². The number of halogens is 1. The third-order valence-corrected chi connectivity index (χ3v) is 3.62. The third-order valence-electron chi connectivity index (χ3n) is 3.38. The number of nitrogens with zero attached hydrogens (tertiary/aromatic N) is 2. The van der Waals surface area contributed by atoms with Crippen molar-refractivity contribution in [3.05, 3.63) is 33.3 Å². The number of carbonyl (C=O) groups excluding carboxylic acids is 1. The molecule has 1 heterocycles. The van der Waals surface area contributed by atoms with Gasteiger partial charge in [0.2, 0.25) is 0 Å². The first-order valence-corrected chi connectivity index (χ1v) is 7.72. The smallest absolute Gasteiger partial charge is 0.407 e. The first-order valence-electron chi connectivity index (χ1n) is 7.34. The van der Waals surface area contributed by atoms with Crippen LogP contribution in [-0.2, 0) is 4.74 Å². The van der Waals surface area contributed by atoms with Crippen molar-refractivity contribution in [2.45, 2.75) is 38.8 Å². The number of nitro groups is 1. The number of nitro benzene ring substituents is 1. The summed E-state index contributed by atoms with van der Waals surface area (Å²) in [7, 11) is 0. The van der Waals surface area contributed by atoms with Crippen molar-refractivity contribution in [2.75, 3.05) is 18.0 Å². The Bertz CT molecular complexity index is 615. The predicted octanol–water partition coefficient (Wildman–Crippen LogP) is 3.35. The number of alkyl carbamates (subject to hydrolysis) is 1. The number of nitrogens with one attached hydrogen (secondary N) is 1. The highest BCUT2D eigenvalue weighted by molar-refractivity contribution is 6.30. The van der Waals surface area contributed by atoms with Crippen molar-refractivity contribution in [3.8, 4) is 0 Å². The minimum absolute atomic E-state index is 0.0320. The summed E-state index contributed by atoms with van der Waals surface area (Å²) in [5, 5.41) is 14.3. The van der Waals surface area contributed by atoms with Crippen LogP contribution < -0.4 is 10.2 Å². The van der Waals surface area contributed by atoms with Crippen LogP contribution in [0.1, 0.15) is 27.2 Å². The van der Waals surface area contributed by atoms with Gasteiger partial charge in [-0.1, -0.05) is 11.6 Å². The Kier molecular flexibility index (Phi) is 4.99. The lowest BCUT2D eigenvalue weighted by Crippen LogP contribution is -2.40. The maximum absolute atomic E-state index is 11.8. The van der Waals surface area contributed by atoms with E-state index in [-0.39, 0.29) is 11.7 Å². The second-order valence-corrected chi connectivity index (χ2v) is 6.90. The SMILES string of the molecule is CC(C)(C)OC(=O)NC1CCN(c2ccc(Cl)cc2[N+](=O)[O-])C1. The van der Waals surface area contributed by atoms with Gasteiger partial charge >= 0.3 is 6.09 Å². The zero-order chi connectivity index (χ0) is 17.2. The summed E-state index contributed by atoms with van der Waals surface area (Å²) in [6.45, 7) is 6.49. The summed E-state index contributed by atoms with van der Waals surface area (Å²) in [5.41, 5.74) is -0.0829. The van der Waals surface area contributed by atoms with Crippen LogP contribution in [0.3, 0.4) is 0 Å². The molecule has 1 amide bonds. The number of amides is 1. The van der Waals surface area contributed by atoms with Crippen molar-refractivity contribution in [2.24, 2.45) is 0 Å². The first-order chi connectivity index (χ1) is 10.7. The molecular weight excluding hydrogens is 322 g/mol. The van der Waals surface area contributed by atoms with Gasteiger partial charge in [0.25, 0.3) is 5.69 Å². The van der Waals surface area contributed by atoms with E-state index in [0.29, 0.717) is 30.2 Å². The molecule has 1 N–H and O–H groups in total. The van der Waals surface area contributed by atoms with Gasteiger partial charge in [-0.3, -0.25) is 10.1 Å². The monoisotopic (exact) mass is 341 g/mol. The van der Waals surface area contributed by atoms with E-state index in [2.05, 4.69) is 5.32 Å². The highest BCUT2D eigenvalue weighted by Gasteiger charge is 2.29. The molecule has 1 aromatic carbocycles. The molecule has 1 aliphatic rings. The Morgan fingerprint density at radius 3 is 2.78 bits per heavy atom. The molecule has 1 atom stereocenters. The summed E-state index contributed by atoms with van der Waals surface area (Å²) in [6.07, 6.45) is 0.217. The number of carbonyl (C=O) groups is 1. The van der Waals surface area contributed by atoms with Crippen molar-refractivity contribution in [1.29, 1.82) is 0 Å². The normalized spacial score (nSPS) is 17.9. The molecule has 1 unspecified atom stereocenters. The molecule has 126 valence electrons. The summed E-state index contributed by atoms with van der Waals surface area (Å²) in [5.74, 6) is 0. The number of benzene rings is 1. The van der Waals surface area contributed by atoms with E-state index in [9.17, 15) is 14.9 Å². The van der Waals surface area contributed by atoms with Crippen molar-refractivity contribution in [1.82, 2.24) is 5.32 Å². The van der Waals surface area contributed by atoms with E-state index in [1.54, 1.807) is 32.9 Å². The maximum Gasteiger partial charge on any atom is 0.407 e. The van der Waals surface area contributed by atoms with Gasteiger partial charge in [0.15, 0.2) is 0 Å². The molecule has 0 aliphatic carbocycles. The second kappa shape index (κ2) is 6.62. The van der Waals surface area contributed by atoms with E-state index >= 15 is 0 Å². The number of anilines is 1. The van der Waals surface area contributed by atoms with Gasteiger partial charge in [-0.25, -0.2) is 4.79 Å². The number of hydrogen-bond donors (Lipinski definition) is 1. The van der Waals surface area contributed by atoms with Crippen molar-refractivity contribution >= 4 is 29.1 Å². The zero-order valence-corrected chi connectivity index (χ0v) is 14.1. The van der Waals surface area contributed by atoms with Gasteiger partial charge in [-0.2, -0.15) is 0 Å². The third kappa shape index (κ3) is 4.72. The number of rotatable bonds is 3. The molecule has 23 heavy (non-hydrogen) atoms. The quantitative estimate of drug-likeness (QED) is 0.673. The molecule has 1 saturated heterocycles. The zero-order valence-electron chi connectivity index (χ0n) is 13.3. The fourth-order valence-corrected chi connectivity index (χ4v) is 2.65. The molecule has 8 heteroatoms. The Labute approximate surface area is 139 Å². The fourth-order valence-electron chi connectivity index (χ4n) is 2.48. The van der Waals surface area contributed by atoms with E-state index in [1.165, 1.54) is 6.07 Å². The molecule has 0 bridgehead atoms. The Balaban J connectivity index is 2.03. The average Bonchev–Trinajstić information content (AvgIpc) is 2.84. The lowest BCUT2D eigenvalue weighted by atomic mass is 10.2. The lowest BCUT2D eigenvalue weighted by molar-refractivity contribution is -0.384. The lowest BCUT2D eigenvalue weighted by Gasteiger charge is -2.22. The highest BCUT2D eigenvalue weighted by Crippen LogP contribution is 2.33. The van der Waals surface area contributed by atoms with Crippen LogP contribution in [0.4, 0.5) is 16.2 Å². The summed E-state index contributed by atoms with van der Waals surface area (Å²) < 4.78 is 5.22. The summed E-state index contributed by atoms with van der Waals surface area (Å²) >= 11 is 5.83. The molecule has 1 aromatic rings. The number of hydrogen-bond acceptors (Lipinski definition) is 5. The van der Waals surface area contributed by atoms with Gasteiger partial charge in [0, 0.05) is 24.2 Å². The molecule has 0 aromatic heterocycles. The van der Waals surface area contributed by atoms with Gasteiger partial charge < -0.3 is 15.0 Å². The highest BCUT2D eigenvalue weighted by atomic mass is 35.5. The Morgan fingerprint density at radius 2 is 2.17 bits per heavy atom. The van der Waals surface area contributed by atoms with Crippen LogP contribution >= 0.6 is 11.6 Å². The molecule has 1 fully saturated rings. The van der Waals surface area contributed by atoms with Crippen LogP contribution in [0.5, 0.6) is 0 Å². The van der Waals surface area contributed by atoms with E-state index in [0.717, 1.165) is 0 Å². The largest absolute Gasteiger partial charge is 0.444 e. The predicted molar refractivity (Wildman–Crippen MR) is 88.1 cm³/mol. The molecule has 7 nitrogen and oxygen atoms in total. The molecule has 0 saturated carbocycles. The van der Waals surface area contributed by atoms with E-state index in [1.807, 2.05) is 4.90 Å². The Hall–Kier alpha value is -2.02. The van der Waals surface area contributed by atoms with Gasteiger partial charge in [0.05, 0.1) is 11.0 Å². The van der Waals surface area contributed by atoms with Gasteiger partial charge in [0.1, 0.15) is 11.3 Å². The molecule has 0 radical (unpaired) electrons. The van der Waals surface area contributed by atoms with Crippen LogP contribution in [0.25, 0.3) is 0 Å². The van der Waals surface area contributed by atoms with Crippen LogP contribution in [-0.4, -0.2) is 35.7 Å². The number of ether oxygens (including phenoxy) is 1. The van der Waals surface area contributed by atoms with Crippen molar-refractivity contribution in [3.63, 3.8) is 0 Å². The average molecular weight is 342 g/mol. The molecule has 2 rings (SSSR count). The fraction of sp³-hybridized carbons (Fsp3) is 0.533. The van der Waals surface area contributed by atoms with Crippen LogP contribution in [0.15, 0.2) is 18.2 Å². The molecular formula is C15H20ClN3O4. The topological polar surface area (TPSA) is 84.7 Å². The minimum atomic E-state index is -0.558.